The second-order valence-corrected chi connectivity index (χ2v) is 1.75. The van der Waals surface area contributed by atoms with E-state index in [-0.39, 0.29) is 0 Å². The summed E-state index contributed by atoms with van der Waals surface area (Å²) < 4.78 is 4.78. The molecule has 0 bridgehead atoms. The van der Waals surface area contributed by atoms with Gasteiger partial charge in [0.05, 0.1) is 0 Å². The molecule has 36 valence electrons. The maximum Gasteiger partial charge on any atom is 0.283 e. The van der Waals surface area contributed by atoms with E-state index in [0.717, 1.165) is 0 Å². The lowest BCUT2D eigenvalue weighted by atomic mass is 10.2. The van der Waals surface area contributed by atoms with E-state index in [9.17, 15) is 0 Å². The number of hydrogen-bond donors (Lipinski definition) is 0. The van der Waals surface area contributed by atoms with E-state index in [0.29, 0.717) is 10.6 Å². The number of hydrogen-bond acceptors (Lipinski definition) is 3. The number of nitrogens with zero attached hydrogens (tertiary/aromatic N) is 2. The molecule has 0 spiro atoms. The zero-order valence-corrected chi connectivity index (χ0v) is 5.27. The molecule has 0 saturated heterocycles. The van der Waals surface area contributed by atoms with Gasteiger partial charge in [-0.1, -0.05) is 0 Å². The van der Waals surface area contributed by atoms with E-state index in [1.807, 2.05) is 0 Å². The van der Waals surface area contributed by atoms with E-state index in [1.165, 1.54) is 0 Å². The summed E-state index contributed by atoms with van der Waals surface area (Å²) >= 11 is 2.99. The normalized spacial score (nSPS) is 9.29. The van der Waals surface area contributed by atoms with Crippen LogP contribution in [0.3, 0.4) is 0 Å². The van der Waals surface area contributed by atoms with Crippen molar-refractivity contribution in [2.24, 2.45) is 0 Å². The number of halogens is 1. The first kappa shape index (κ1) is 4.83. The second kappa shape index (κ2) is 1.65. The Morgan fingerprint density at radius 1 is 1.57 bits per heavy atom. The van der Waals surface area contributed by atoms with Gasteiger partial charge in [0.15, 0.2) is 5.79 Å². The van der Waals surface area contributed by atoms with E-state index in [1.54, 1.807) is 7.85 Å². The van der Waals surface area contributed by atoms with Gasteiger partial charge >= 0.3 is 0 Å². The molecule has 0 radical (unpaired) electrons. The van der Waals surface area contributed by atoms with Crippen LogP contribution in [0.15, 0.2) is 9.22 Å². The first-order valence-electron chi connectivity index (χ1n) is 1.74. The fourth-order valence-corrected chi connectivity index (χ4v) is 0.586. The molecule has 0 unspecified atom stereocenters. The Labute approximate surface area is 49.7 Å². The monoisotopic (exact) mass is 160 g/mol. The summed E-state index contributed by atoms with van der Waals surface area (Å²) in [5, 5.41) is 7.07. The summed E-state index contributed by atoms with van der Waals surface area (Å²) in [6.45, 7) is 0. The van der Waals surface area contributed by atoms with Gasteiger partial charge in [0.2, 0.25) is 7.85 Å². The quantitative estimate of drug-likeness (QED) is 0.462. The Balaban J connectivity index is 3.04. The van der Waals surface area contributed by atoms with Crippen LogP contribution >= 0.6 is 15.9 Å². The summed E-state index contributed by atoms with van der Waals surface area (Å²) in [5.41, 5.74) is 0. The Hall–Kier alpha value is -0.315. The highest BCUT2D eigenvalue weighted by molar-refractivity contribution is 9.10. The van der Waals surface area contributed by atoms with Gasteiger partial charge in [-0.2, -0.15) is 0 Å². The third-order valence-corrected chi connectivity index (χ3v) is 0.822. The zero-order chi connectivity index (χ0) is 5.28. The summed E-state index contributed by atoms with van der Waals surface area (Å²) in [7, 11) is 1.73. The lowest BCUT2D eigenvalue weighted by Crippen LogP contribution is -2.00. The second-order valence-electron chi connectivity index (χ2n) is 1.07. The zero-order valence-electron chi connectivity index (χ0n) is 3.68. The molecule has 0 saturated carbocycles. The molecule has 3 nitrogen and oxygen atoms in total. The van der Waals surface area contributed by atoms with Crippen LogP contribution in [0.2, 0.25) is 0 Å². The maximum absolute atomic E-state index is 4.78. The molecule has 1 rings (SSSR count). The van der Waals surface area contributed by atoms with Crippen molar-refractivity contribution >= 4 is 29.6 Å². The molecule has 0 aliphatic carbocycles. The molecule has 0 aliphatic heterocycles. The average Bonchev–Trinajstić information content (AvgIpc) is 1.87. The van der Waals surface area contributed by atoms with E-state index in [2.05, 4.69) is 26.1 Å². The summed E-state index contributed by atoms with van der Waals surface area (Å²) in [6, 6.07) is 0. The lowest BCUT2D eigenvalue weighted by Gasteiger charge is -1.68. The summed E-state index contributed by atoms with van der Waals surface area (Å²) in [6.07, 6.45) is 0. The Bertz CT molecular complexity index is 148. The standard InChI is InChI=1S/C2H2BBrN2O/c3-1-5-6-2(4)7-1/h3H2. The highest BCUT2D eigenvalue weighted by Gasteiger charge is 1.91. The first-order chi connectivity index (χ1) is 3.29. The van der Waals surface area contributed by atoms with Crippen LogP contribution in [0.4, 0.5) is 0 Å². The van der Waals surface area contributed by atoms with Crippen LogP contribution in [0.5, 0.6) is 0 Å². The number of aromatic nitrogens is 2. The molecule has 1 aromatic heterocycles. The summed E-state index contributed by atoms with van der Waals surface area (Å²) in [5.74, 6) is 0.576. The highest BCUT2D eigenvalue weighted by atomic mass is 79.9. The van der Waals surface area contributed by atoms with Crippen LogP contribution in [-0.2, 0) is 0 Å². The van der Waals surface area contributed by atoms with Crippen LogP contribution in [0, 0.1) is 0 Å². The third kappa shape index (κ3) is 1.02. The van der Waals surface area contributed by atoms with Crippen molar-refractivity contribution in [1.82, 2.24) is 10.2 Å². The largest absolute Gasteiger partial charge is 0.427 e. The molecule has 7 heavy (non-hydrogen) atoms. The molecule has 0 aromatic carbocycles. The van der Waals surface area contributed by atoms with Gasteiger partial charge in [-0.3, -0.25) is 0 Å². The molecule has 5 heteroatoms. The van der Waals surface area contributed by atoms with Crippen LogP contribution in [0.25, 0.3) is 0 Å². The van der Waals surface area contributed by atoms with Crippen LogP contribution in [-0.4, -0.2) is 18.0 Å². The molecular formula is C2H2BBrN2O. The number of rotatable bonds is 0. The maximum atomic E-state index is 4.78. The van der Waals surface area contributed by atoms with Gasteiger partial charge in [0.25, 0.3) is 4.80 Å². The predicted molar refractivity (Wildman–Crippen MR) is 30.2 cm³/mol. The van der Waals surface area contributed by atoms with Gasteiger partial charge in [-0.05, 0) is 0 Å². The van der Waals surface area contributed by atoms with Crippen molar-refractivity contribution in [2.75, 3.05) is 0 Å². The Kier molecular flexibility index (Phi) is 1.14. The smallest absolute Gasteiger partial charge is 0.283 e. The van der Waals surface area contributed by atoms with Crippen LogP contribution < -0.4 is 5.79 Å². The van der Waals surface area contributed by atoms with Crippen molar-refractivity contribution in [1.29, 1.82) is 0 Å². The van der Waals surface area contributed by atoms with E-state index < -0.39 is 0 Å². The van der Waals surface area contributed by atoms with Crippen molar-refractivity contribution < 1.29 is 4.42 Å². The minimum absolute atomic E-state index is 0.435. The molecule has 0 fully saturated rings. The fraction of sp³-hybridized carbons (Fsp3) is 0. The van der Waals surface area contributed by atoms with Gasteiger partial charge < -0.3 is 4.42 Å². The van der Waals surface area contributed by atoms with Crippen LogP contribution in [0.1, 0.15) is 0 Å². The fourth-order valence-electron chi connectivity index (χ4n) is 0.272. The minimum Gasteiger partial charge on any atom is -0.427 e. The predicted octanol–water partition coefficient (Wildman–Crippen LogP) is -0.910. The average molecular weight is 161 g/mol. The highest BCUT2D eigenvalue weighted by Crippen LogP contribution is 1.97. The SMILES string of the molecule is Bc1nnc(Br)o1. The first-order valence-corrected chi connectivity index (χ1v) is 2.54. The molecule has 1 aromatic rings. The van der Waals surface area contributed by atoms with Crippen molar-refractivity contribution in [2.45, 2.75) is 0 Å². The van der Waals surface area contributed by atoms with Crippen molar-refractivity contribution in [3.63, 3.8) is 0 Å². The lowest BCUT2D eigenvalue weighted by molar-refractivity contribution is 0.558. The molecular weight excluding hydrogens is 159 g/mol. The van der Waals surface area contributed by atoms with Gasteiger partial charge in [0, 0.05) is 15.9 Å². The minimum atomic E-state index is 0.435. The molecule has 0 N–H and O–H groups in total. The van der Waals surface area contributed by atoms with Crippen molar-refractivity contribution in [3.8, 4) is 0 Å². The molecule has 0 atom stereocenters. The molecule has 0 aliphatic rings. The Morgan fingerprint density at radius 2 is 2.29 bits per heavy atom. The van der Waals surface area contributed by atoms with E-state index in [4.69, 9.17) is 4.42 Å². The van der Waals surface area contributed by atoms with Gasteiger partial charge in [0.1, 0.15) is 0 Å². The van der Waals surface area contributed by atoms with Crippen molar-refractivity contribution in [3.05, 3.63) is 4.80 Å². The summed E-state index contributed by atoms with van der Waals surface area (Å²) in [4.78, 5) is 0.435. The Morgan fingerprint density at radius 3 is 2.43 bits per heavy atom. The van der Waals surface area contributed by atoms with E-state index >= 15 is 0 Å². The third-order valence-electron chi connectivity index (χ3n) is 0.501. The van der Waals surface area contributed by atoms with Gasteiger partial charge in [-0.25, -0.2) is 0 Å². The molecule has 1 heterocycles. The van der Waals surface area contributed by atoms with Gasteiger partial charge in [-0.15, -0.1) is 10.2 Å². The topological polar surface area (TPSA) is 38.9 Å². The molecule has 0 amide bonds.